The highest BCUT2D eigenvalue weighted by Crippen LogP contribution is 2.31. The van der Waals surface area contributed by atoms with Gasteiger partial charge in [-0.15, -0.1) is 0 Å². The average Bonchev–Trinajstić information content (AvgIpc) is 2.57. The number of ether oxygens (including phenoxy) is 2. The lowest BCUT2D eigenvalue weighted by Gasteiger charge is -2.46. The van der Waals surface area contributed by atoms with E-state index in [4.69, 9.17) is 9.47 Å². The fourth-order valence-electron chi connectivity index (χ4n) is 3.71. The Kier molecular flexibility index (Phi) is 4.83. The number of hydrogen-bond donors (Lipinski definition) is 1. The van der Waals surface area contributed by atoms with Gasteiger partial charge in [-0.3, -0.25) is 4.79 Å². The maximum Gasteiger partial charge on any atom is 0.228 e. The van der Waals surface area contributed by atoms with E-state index in [-0.39, 0.29) is 17.3 Å². The number of carbonyl (C=O) groups is 1. The largest absolute Gasteiger partial charge is 0.508 e. The summed E-state index contributed by atoms with van der Waals surface area (Å²) in [4.78, 5) is 15.0. The first-order chi connectivity index (χ1) is 11.4. The second-order valence-electron chi connectivity index (χ2n) is 7.64. The van der Waals surface area contributed by atoms with E-state index in [1.807, 2.05) is 30.9 Å². The molecule has 2 aliphatic rings. The Morgan fingerprint density at radius 1 is 1.29 bits per heavy atom. The van der Waals surface area contributed by atoms with Gasteiger partial charge in [0, 0.05) is 18.6 Å². The molecule has 1 aromatic rings. The fraction of sp³-hybridized carbons (Fsp3) is 0.632. The molecule has 1 N–H and O–H groups in total. The summed E-state index contributed by atoms with van der Waals surface area (Å²) >= 11 is 0. The van der Waals surface area contributed by atoms with Gasteiger partial charge < -0.3 is 19.5 Å². The third kappa shape index (κ3) is 3.73. The van der Waals surface area contributed by atoms with Crippen LogP contribution in [0.3, 0.4) is 0 Å². The van der Waals surface area contributed by atoms with E-state index in [0.29, 0.717) is 32.7 Å². The van der Waals surface area contributed by atoms with Crippen LogP contribution in [0.1, 0.15) is 32.3 Å². The third-order valence-corrected chi connectivity index (χ3v) is 4.98. The molecule has 0 saturated carbocycles. The lowest BCUT2D eigenvalue weighted by molar-refractivity contribution is -0.181. The van der Waals surface area contributed by atoms with Gasteiger partial charge in [-0.05, 0) is 37.0 Å². The van der Waals surface area contributed by atoms with Crippen LogP contribution in [-0.2, 0) is 20.7 Å². The molecule has 1 aromatic carbocycles. The van der Waals surface area contributed by atoms with E-state index >= 15 is 0 Å². The minimum atomic E-state index is -0.495. The number of nitrogens with zero attached hydrogens (tertiary/aromatic N) is 1. The van der Waals surface area contributed by atoms with Gasteiger partial charge in [0.05, 0.1) is 19.8 Å². The minimum absolute atomic E-state index is 0.156. The highest BCUT2D eigenvalue weighted by atomic mass is 16.5. The quantitative estimate of drug-likeness (QED) is 0.922. The zero-order valence-corrected chi connectivity index (χ0v) is 14.6. The molecular formula is C19H27NO4. The fourth-order valence-corrected chi connectivity index (χ4v) is 3.71. The Morgan fingerprint density at radius 2 is 2.04 bits per heavy atom. The first-order valence-corrected chi connectivity index (χ1v) is 8.69. The van der Waals surface area contributed by atoms with Crippen molar-refractivity contribution >= 4 is 5.91 Å². The molecule has 0 radical (unpaired) electrons. The Morgan fingerprint density at radius 3 is 2.71 bits per heavy atom. The monoisotopic (exact) mass is 333 g/mol. The van der Waals surface area contributed by atoms with Crippen LogP contribution in [0.15, 0.2) is 24.3 Å². The Labute approximate surface area is 143 Å². The smallest absolute Gasteiger partial charge is 0.228 e. The van der Waals surface area contributed by atoms with E-state index in [1.54, 1.807) is 12.1 Å². The molecule has 5 nitrogen and oxygen atoms in total. The molecule has 0 aliphatic carbocycles. The molecule has 1 amide bonds. The van der Waals surface area contributed by atoms with Gasteiger partial charge in [-0.1, -0.05) is 26.0 Å². The molecule has 5 heteroatoms. The van der Waals surface area contributed by atoms with Gasteiger partial charge in [0.1, 0.15) is 11.4 Å². The van der Waals surface area contributed by atoms with Crippen molar-refractivity contribution in [3.63, 3.8) is 0 Å². The molecular weight excluding hydrogens is 306 g/mol. The summed E-state index contributed by atoms with van der Waals surface area (Å²) in [5.41, 5.74) is 0.237. The summed E-state index contributed by atoms with van der Waals surface area (Å²) in [5, 5.41) is 9.41. The standard InChI is InChI=1S/C19H27NO4/c1-18(2,12-15-4-6-16(21)7-5-15)17(22)20-9-11-24-19(13-20)8-3-10-23-14-19/h4-7,21H,3,8-14H2,1-2H3/t19-/m0/s1. The highest BCUT2D eigenvalue weighted by molar-refractivity contribution is 5.82. The van der Waals surface area contributed by atoms with Crippen molar-refractivity contribution in [3.05, 3.63) is 29.8 Å². The van der Waals surface area contributed by atoms with Crippen LogP contribution in [0.2, 0.25) is 0 Å². The van der Waals surface area contributed by atoms with Crippen molar-refractivity contribution < 1.29 is 19.4 Å². The third-order valence-electron chi connectivity index (χ3n) is 4.98. The van der Waals surface area contributed by atoms with Crippen LogP contribution in [0.25, 0.3) is 0 Å². The lowest BCUT2D eigenvalue weighted by Crippen LogP contribution is -2.59. The molecule has 2 fully saturated rings. The minimum Gasteiger partial charge on any atom is -0.508 e. The molecule has 2 aliphatic heterocycles. The predicted molar refractivity (Wildman–Crippen MR) is 90.9 cm³/mol. The first kappa shape index (κ1) is 17.2. The van der Waals surface area contributed by atoms with Crippen LogP contribution in [-0.4, -0.2) is 54.4 Å². The number of amides is 1. The average molecular weight is 333 g/mol. The summed E-state index contributed by atoms with van der Waals surface area (Å²) in [6.07, 6.45) is 2.58. The second-order valence-corrected chi connectivity index (χ2v) is 7.64. The summed E-state index contributed by atoms with van der Waals surface area (Å²) in [5.74, 6) is 0.402. The van der Waals surface area contributed by atoms with Crippen molar-refractivity contribution in [2.45, 2.75) is 38.7 Å². The van der Waals surface area contributed by atoms with Crippen molar-refractivity contribution in [1.29, 1.82) is 0 Å². The van der Waals surface area contributed by atoms with Gasteiger partial charge in [0.2, 0.25) is 5.91 Å². The van der Waals surface area contributed by atoms with Crippen molar-refractivity contribution in [2.75, 3.05) is 32.9 Å². The van der Waals surface area contributed by atoms with E-state index in [1.165, 1.54) is 0 Å². The topological polar surface area (TPSA) is 59.0 Å². The van der Waals surface area contributed by atoms with Gasteiger partial charge in [-0.25, -0.2) is 0 Å². The number of hydrogen-bond acceptors (Lipinski definition) is 4. The molecule has 24 heavy (non-hydrogen) atoms. The van der Waals surface area contributed by atoms with Crippen LogP contribution in [0.4, 0.5) is 0 Å². The second kappa shape index (κ2) is 6.73. The molecule has 132 valence electrons. The summed E-state index contributed by atoms with van der Waals surface area (Å²) in [6, 6.07) is 7.08. The molecule has 0 unspecified atom stereocenters. The number of benzene rings is 1. The number of rotatable bonds is 3. The van der Waals surface area contributed by atoms with Crippen molar-refractivity contribution in [3.8, 4) is 5.75 Å². The Balaban J connectivity index is 1.68. The van der Waals surface area contributed by atoms with Crippen LogP contribution in [0.5, 0.6) is 5.75 Å². The van der Waals surface area contributed by atoms with Crippen LogP contribution in [0, 0.1) is 5.41 Å². The Hall–Kier alpha value is -1.59. The Bertz CT molecular complexity index is 570. The lowest BCUT2D eigenvalue weighted by atomic mass is 9.83. The van der Waals surface area contributed by atoms with E-state index in [0.717, 1.165) is 25.0 Å². The van der Waals surface area contributed by atoms with E-state index < -0.39 is 5.41 Å². The maximum absolute atomic E-state index is 13.1. The normalized spacial score (nSPS) is 25.0. The van der Waals surface area contributed by atoms with Gasteiger partial charge in [0.25, 0.3) is 0 Å². The number of phenols is 1. The van der Waals surface area contributed by atoms with E-state index in [9.17, 15) is 9.90 Å². The number of morpholine rings is 1. The highest BCUT2D eigenvalue weighted by Gasteiger charge is 2.43. The van der Waals surface area contributed by atoms with Gasteiger partial charge in [-0.2, -0.15) is 0 Å². The number of carbonyl (C=O) groups excluding carboxylic acids is 1. The summed E-state index contributed by atoms with van der Waals surface area (Å²) < 4.78 is 11.6. The van der Waals surface area contributed by atoms with Gasteiger partial charge >= 0.3 is 0 Å². The molecule has 1 atom stereocenters. The molecule has 2 heterocycles. The molecule has 3 rings (SSSR count). The van der Waals surface area contributed by atoms with Crippen LogP contribution >= 0.6 is 0 Å². The molecule has 1 spiro atoms. The first-order valence-electron chi connectivity index (χ1n) is 8.69. The molecule has 0 bridgehead atoms. The predicted octanol–water partition coefficient (Wildman–Crippen LogP) is 2.37. The SMILES string of the molecule is CC(C)(Cc1ccc(O)cc1)C(=O)N1CCO[C@@]2(CCCOC2)C1. The summed E-state index contributed by atoms with van der Waals surface area (Å²) in [7, 11) is 0. The number of phenolic OH excluding ortho intramolecular Hbond substituents is 1. The van der Waals surface area contributed by atoms with Crippen LogP contribution < -0.4 is 0 Å². The zero-order chi connectivity index (χ0) is 17.2. The van der Waals surface area contributed by atoms with Crippen molar-refractivity contribution in [1.82, 2.24) is 4.90 Å². The molecule has 0 aromatic heterocycles. The number of aromatic hydroxyl groups is 1. The van der Waals surface area contributed by atoms with Gasteiger partial charge in [0.15, 0.2) is 0 Å². The zero-order valence-electron chi connectivity index (χ0n) is 14.6. The summed E-state index contributed by atoms with van der Waals surface area (Å²) in [6.45, 7) is 7.17. The molecule has 2 saturated heterocycles. The maximum atomic E-state index is 13.1. The van der Waals surface area contributed by atoms with E-state index in [2.05, 4.69) is 0 Å². The van der Waals surface area contributed by atoms with Crippen molar-refractivity contribution in [2.24, 2.45) is 5.41 Å².